The van der Waals surface area contributed by atoms with E-state index >= 15 is 0 Å². The van der Waals surface area contributed by atoms with Gasteiger partial charge in [-0.15, -0.1) is 0 Å². The van der Waals surface area contributed by atoms with E-state index in [0.29, 0.717) is 5.92 Å². The van der Waals surface area contributed by atoms with Gasteiger partial charge in [-0.3, -0.25) is 0 Å². The number of rotatable bonds is 5. The summed E-state index contributed by atoms with van der Waals surface area (Å²) < 4.78 is 5.71. The standard InChI is InChI=1S/C26H32N2O/c1-2-11-24-25(13-3-1)27-29-26(24)14-7-17-28-18-15-21(16-19-28)23-12-6-9-20-8-4-5-10-22(20)23/h4-6,8-10,12,21H,1-3,7,11,13-19H2. The molecule has 0 amide bonds. The van der Waals surface area contributed by atoms with Gasteiger partial charge in [0.2, 0.25) is 0 Å². The first-order chi connectivity index (χ1) is 14.4. The van der Waals surface area contributed by atoms with Crippen molar-refractivity contribution in [2.45, 2.75) is 63.7 Å². The summed E-state index contributed by atoms with van der Waals surface area (Å²) in [6, 6.07) is 15.6. The maximum absolute atomic E-state index is 5.71. The van der Waals surface area contributed by atoms with Crippen LogP contribution in [0.2, 0.25) is 0 Å². The van der Waals surface area contributed by atoms with E-state index in [2.05, 4.69) is 52.5 Å². The molecule has 2 aromatic carbocycles. The molecular formula is C26H32N2O. The molecule has 0 unspecified atom stereocenters. The molecule has 0 radical (unpaired) electrons. The summed E-state index contributed by atoms with van der Waals surface area (Å²) in [7, 11) is 0. The molecule has 3 aromatic rings. The van der Waals surface area contributed by atoms with Crippen molar-refractivity contribution in [3.63, 3.8) is 0 Å². The summed E-state index contributed by atoms with van der Waals surface area (Å²) in [6.45, 7) is 3.60. The lowest BCUT2D eigenvalue weighted by Crippen LogP contribution is -2.33. The Morgan fingerprint density at radius 2 is 1.76 bits per heavy atom. The molecule has 0 spiro atoms. The molecular weight excluding hydrogens is 356 g/mol. The average molecular weight is 389 g/mol. The zero-order valence-electron chi connectivity index (χ0n) is 17.4. The first-order valence-corrected chi connectivity index (χ1v) is 11.5. The molecule has 0 atom stereocenters. The lowest BCUT2D eigenvalue weighted by molar-refractivity contribution is 0.208. The molecule has 3 heteroatoms. The zero-order chi connectivity index (χ0) is 19.5. The van der Waals surface area contributed by atoms with E-state index in [-0.39, 0.29) is 0 Å². The first kappa shape index (κ1) is 18.9. The maximum Gasteiger partial charge on any atom is 0.140 e. The molecule has 1 fully saturated rings. The molecule has 1 aliphatic heterocycles. The van der Waals surface area contributed by atoms with E-state index < -0.39 is 0 Å². The van der Waals surface area contributed by atoms with Crippen LogP contribution in [0, 0.1) is 0 Å². The van der Waals surface area contributed by atoms with Crippen molar-refractivity contribution in [1.82, 2.24) is 10.1 Å². The number of fused-ring (bicyclic) bond motifs is 2. The van der Waals surface area contributed by atoms with Gasteiger partial charge in [-0.25, -0.2) is 0 Å². The first-order valence-electron chi connectivity index (χ1n) is 11.5. The van der Waals surface area contributed by atoms with Crippen LogP contribution in [0.4, 0.5) is 0 Å². The van der Waals surface area contributed by atoms with Gasteiger partial charge in [-0.2, -0.15) is 0 Å². The number of aryl methyl sites for hydroxylation is 2. The number of aromatic nitrogens is 1. The molecule has 2 aliphatic rings. The predicted octanol–water partition coefficient (Wildman–Crippen LogP) is 5.91. The van der Waals surface area contributed by atoms with Gasteiger partial charge < -0.3 is 9.42 Å². The van der Waals surface area contributed by atoms with E-state index in [9.17, 15) is 0 Å². The lowest BCUT2D eigenvalue weighted by atomic mass is 9.86. The highest BCUT2D eigenvalue weighted by molar-refractivity contribution is 5.86. The summed E-state index contributed by atoms with van der Waals surface area (Å²) in [4.78, 5) is 2.65. The normalized spacial score (nSPS) is 18.6. The van der Waals surface area contributed by atoms with Crippen molar-refractivity contribution in [1.29, 1.82) is 0 Å². The predicted molar refractivity (Wildman–Crippen MR) is 118 cm³/mol. The average Bonchev–Trinajstić information content (AvgIpc) is 3.00. The summed E-state index contributed by atoms with van der Waals surface area (Å²) in [5.41, 5.74) is 4.23. The number of piperidine rings is 1. The highest BCUT2D eigenvalue weighted by atomic mass is 16.5. The molecule has 3 nitrogen and oxygen atoms in total. The molecule has 1 aromatic heterocycles. The number of hydrogen-bond acceptors (Lipinski definition) is 3. The molecule has 29 heavy (non-hydrogen) atoms. The monoisotopic (exact) mass is 388 g/mol. The Hall–Kier alpha value is -2.13. The van der Waals surface area contributed by atoms with Gasteiger partial charge in [-0.1, -0.05) is 54.0 Å². The van der Waals surface area contributed by atoms with E-state index in [1.807, 2.05) is 0 Å². The number of likely N-dealkylation sites (tertiary alicyclic amines) is 1. The maximum atomic E-state index is 5.71. The van der Waals surface area contributed by atoms with E-state index in [1.54, 1.807) is 5.56 Å². The van der Waals surface area contributed by atoms with Crippen LogP contribution < -0.4 is 0 Å². The topological polar surface area (TPSA) is 29.3 Å². The van der Waals surface area contributed by atoms with Gasteiger partial charge in [0, 0.05) is 12.0 Å². The van der Waals surface area contributed by atoms with E-state index in [4.69, 9.17) is 4.52 Å². The minimum atomic E-state index is 0.697. The van der Waals surface area contributed by atoms with Crippen molar-refractivity contribution in [3.05, 3.63) is 65.0 Å². The molecule has 0 bridgehead atoms. The second-order valence-corrected chi connectivity index (χ2v) is 8.88. The number of benzene rings is 2. The van der Waals surface area contributed by atoms with Crippen LogP contribution >= 0.6 is 0 Å². The highest BCUT2D eigenvalue weighted by Gasteiger charge is 2.22. The lowest BCUT2D eigenvalue weighted by Gasteiger charge is -2.32. The van der Waals surface area contributed by atoms with Gasteiger partial charge in [0.25, 0.3) is 0 Å². The third kappa shape index (κ3) is 4.11. The van der Waals surface area contributed by atoms with Crippen molar-refractivity contribution >= 4 is 10.8 Å². The van der Waals surface area contributed by atoms with Gasteiger partial charge in [0.15, 0.2) is 0 Å². The molecule has 1 aliphatic carbocycles. The van der Waals surface area contributed by atoms with Crippen LogP contribution in [-0.4, -0.2) is 29.7 Å². The Bertz CT molecular complexity index is 947. The molecule has 0 N–H and O–H groups in total. The Morgan fingerprint density at radius 3 is 2.69 bits per heavy atom. The third-order valence-corrected chi connectivity index (χ3v) is 7.02. The van der Waals surface area contributed by atoms with Gasteiger partial charge in [0.1, 0.15) is 5.76 Å². The van der Waals surface area contributed by atoms with Crippen LogP contribution in [0.3, 0.4) is 0 Å². The fourth-order valence-corrected chi connectivity index (χ4v) is 5.37. The van der Waals surface area contributed by atoms with E-state index in [0.717, 1.165) is 12.8 Å². The van der Waals surface area contributed by atoms with Crippen LogP contribution in [0.1, 0.15) is 67.0 Å². The largest absolute Gasteiger partial charge is 0.361 e. The zero-order valence-corrected chi connectivity index (χ0v) is 17.4. The molecule has 0 saturated carbocycles. The fraction of sp³-hybridized carbons (Fsp3) is 0.500. The second kappa shape index (κ2) is 8.71. The van der Waals surface area contributed by atoms with E-state index in [1.165, 1.54) is 92.4 Å². The van der Waals surface area contributed by atoms with Gasteiger partial charge in [0.05, 0.1) is 5.69 Å². The minimum absolute atomic E-state index is 0.697. The summed E-state index contributed by atoms with van der Waals surface area (Å²) in [5.74, 6) is 1.87. The van der Waals surface area contributed by atoms with Gasteiger partial charge in [-0.05, 0) is 86.8 Å². The molecule has 1 saturated heterocycles. The Kier molecular flexibility index (Phi) is 5.67. The Labute approximate surface area is 174 Å². The fourth-order valence-electron chi connectivity index (χ4n) is 5.37. The molecule has 2 heterocycles. The molecule has 5 rings (SSSR count). The van der Waals surface area contributed by atoms with Gasteiger partial charge >= 0.3 is 0 Å². The summed E-state index contributed by atoms with van der Waals surface area (Å²) in [5, 5.41) is 7.18. The Morgan fingerprint density at radius 1 is 0.931 bits per heavy atom. The minimum Gasteiger partial charge on any atom is -0.361 e. The highest BCUT2D eigenvalue weighted by Crippen LogP contribution is 2.33. The summed E-state index contributed by atoms with van der Waals surface area (Å²) >= 11 is 0. The van der Waals surface area contributed by atoms with Crippen LogP contribution in [0.5, 0.6) is 0 Å². The van der Waals surface area contributed by atoms with Crippen LogP contribution in [0.15, 0.2) is 47.0 Å². The quantitative estimate of drug-likeness (QED) is 0.509. The number of nitrogens with zero attached hydrogens (tertiary/aromatic N) is 2. The van der Waals surface area contributed by atoms with Crippen LogP contribution in [-0.2, 0) is 19.3 Å². The second-order valence-electron chi connectivity index (χ2n) is 8.88. The van der Waals surface area contributed by atoms with Crippen molar-refractivity contribution in [2.75, 3.05) is 19.6 Å². The van der Waals surface area contributed by atoms with Crippen molar-refractivity contribution in [2.24, 2.45) is 0 Å². The third-order valence-electron chi connectivity index (χ3n) is 7.02. The van der Waals surface area contributed by atoms with Crippen molar-refractivity contribution in [3.8, 4) is 0 Å². The Balaban J connectivity index is 1.14. The number of hydrogen-bond donors (Lipinski definition) is 0. The van der Waals surface area contributed by atoms with Crippen molar-refractivity contribution < 1.29 is 4.52 Å². The SMILES string of the molecule is c1ccc2c(C3CCN(CCCc4onc5c4CCCCC5)CC3)cccc2c1. The smallest absolute Gasteiger partial charge is 0.140 e. The van der Waals surface area contributed by atoms with Crippen LogP contribution in [0.25, 0.3) is 10.8 Å². The molecule has 152 valence electrons. The summed E-state index contributed by atoms with van der Waals surface area (Å²) in [6.07, 6.45) is 10.9.